The Morgan fingerprint density at radius 1 is 1.73 bits per heavy atom. The van der Waals surface area contributed by atoms with Crippen LogP contribution >= 0.6 is 0 Å². The van der Waals surface area contributed by atoms with Crippen LogP contribution in [0.1, 0.15) is 6.92 Å². The minimum absolute atomic E-state index is 0.0443. The molecule has 0 fully saturated rings. The molecule has 0 aromatic carbocycles. The maximum atomic E-state index is 10.7. The second-order valence-electron chi connectivity index (χ2n) is 2.10. The van der Waals surface area contributed by atoms with E-state index in [2.05, 4.69) is 11.3 Å². The molecule has 0 radical (unpaired) electrons. The maximum absolute atomic E-state index is 10.7. The molecule has 0 heterocycles. The van der Waals surface area contributed by atoms with Crippen molar-refractivity contribution >= 4 is 5.97 Å². The number of carbonyl (C=O) groups excluding carboxylic acids is 1. The number of esters is 1. The van der Waals surface area contributed by atoms with Crippen LogP contribution in [0.4, 0.5) is 0 Å². The standard InChI is InChI=1S/C7H12O4/c1-3-4-11-7(10)6(9)5(2)8/h3,5-6,8-9H,1,4H2,2H3. The van der Waals surface area contributed by atoms with E-state index in [0.717, 1.165) is 0 Å². The van der Waals surface area contributed by atoms with Crippen molar-refractivity contribution in [3.05, 3.63) is 12.7 Å². The average molecular weight is 160 g/mol. The van der Waals surface area contributed by atoms with Crippen LogP contribution in [0.2, 0.25) is 0 Å². The van der Waals surface area contributed by atoms with E-state index >= 15 is 0 Å². The maximum Gasteiger partial charge on any atom is 0.338 e. The molecule has 0 saturated heterocycles. The van der Waals surface area contributed by atoms with Crippen LogP contribution < -0.4 is 0 Å². The van der Waals surface area contributed by atoms with Gasteiger partial charge in [0.25, 0.3) is 0 Å². The highest BCUT2D eigenvalue weighted by Crippen LogP contribution is 1.94. The van der Waals surface area contributed by atoms with Crippen LogP contribution in [0.3, 0.4) is 0 Å². The SMILES string of the molecule is C=CCOC(=O)C(O)C(C)O. The van der Waals surface area contributed by atoms with Gasteiger partial charge in [-0.1, -0.05) is 12.7 Å². The molecule has 0 spiro atoms. The molecule has 11 heavy (non-hydrogen) atoms. The van der Waals surface area contributed by atoms with Crippen molar-refractivity contribution in [1.82, 2.24) is 0 Å². The van der Waals surface area contributed by atoms with E-state index in [9.17, 15) is 4.79 Å². The molecule has 2 N–H and O–H groups in total. The summed E-state index contributed by atoms with van der Waals surface area (Å²) in [7, 11) is 0. The van der Waals surface area contributed by atoms with Gasteiger partial charge in [-0.3, -0.25) is 0 Å². The highest BCUT2D eigenvalue weighted by Gasteiger charge is 2.21. The van der Waals surface area contributed by atoms with Gasteiger partial charge in [-0.05, 0) is 6.92 Å². The van der Waals surface area contributed by atoms with Crippen LogP contribution in [0.15, 0.2) is 12.7 Å². The van der Waals surface area contributed by atoms with E-state index in [4.69, 9.17) is 10.2 Å². The van der Waals surface area contributed by atoms with Crippen LogP contribution in [-0.4, -0.2) is 35.0 Å². The van der Waals surface area contributed by atoms with Gasteiger partial charge in [0.2, 0.25) is 0 Å². The highest BCUT2D eigenvalue weighted by molar-refractivity contribution is 5.75. The number of aliphatic hydroxyl groups excluding tert-OH is 2. The zero-order chi connectivity index (χ0) is 8.85. The summed E-state index contributed by atoms with van der Waals surface area (Å²) in [6.07, 6.45) is -1.19. The molecule has 0 aliphatic heterocycles. The van der Waals surface area contributed by atoms with Gasteiger partial charge >= 0.3 is 5.97 Å². The fourth-order valence-electron chi connectivity index (χ4n) is 0.423. The zero-order valence-corrected chi connectivity index (χ0v) is 6.36. The quantitative estimate of drug-likeness (QED) is 0.428. The monoisotopic (exact) mass is 160 g/mol. The molecule has 0 aromatic heterocycles. The number of rotatable bonds is 4. The van der Waals surface area contributed by atoms with E-state index < -0.39 is 18.2 Å². The van der Waals surface area contributed by atoms with Gasteiger partial charge in [0, 0.05) is 0 Å². The van der Waals surface area contributed by atoms with Crippen LogP contribution in [0.25, 0.3) is 0 Å². The molecule has 2 atom stereocenters. The number of hydrogen-bond acceptors (Lipinski definition) is 4. The lowest BCUT2D eigenvalue weighted by molar-refractivity contribution is -0.157. The molecule has 64 valence electrons. The Labute approximate surface area is 65.1 Å². The van der Waals surface area contributed by atoms with E-state index in [-0.39, 0.29) is 6.61 Å². The Balaban J connectivity index is 3.73. The summed E-state index contributed by atoms with van der Waals surface area (Å²) in [6.45, 7) is 4.67. The summed E-state index contributed by atoms with van der Waals surface area (Å²) in [6, 6.07) is 0. The molecule has 0 saturated carbocycles. The summed E-state index contributed by atoms with van der Waals surface area (Å²) in [4.78, 5) is 10.7. The second kappa shape index (κ2) is 4.87. The van der Waals surface area contributed by atoms with E-state index in [0.29, 0.717) is 0 Å². The Kier molecular flexibility index (Phi) is 4.49. The molecule has 0 aliphatic rings. The summed E-state index contributed by atoms with van der Waals surface area (Å²) in [5.74, 6) is -0.833. The van der Waals surface area contributed by atoms with Gasteiger partial charge in [-0.15, -0.1) is 0 Å². The van der Waals surface area contributed by atoms with E-state index in [1.807, 2.05) is 0 Å². The molecule has 0 aromatic rings. The molecule has 4 heteroatoms. The van der Waals surface area contributed by atoms with Gasteiger partial charge in [0.05, 0.1) is 6.10 Å². The molecule has 0 amide bonds. The summed E-state index contributed by atoms with van der Waals surface area (Å²) in [5, 5.41) is 17.6. The first-order valence-corrected chi connectivity index (χ1v) is 3.23. The van der Waals surface area contributed by atoms with Gasteiger partial charge in [0.1, 0.15) is 6.61 Å². The largest absolute Gasteiger partial charge is 0.459 e. The molecular weight excluding hydrogens is 148 g/mol. The normalized spacial score (nSPS) is 15.2. The third kappa shape index (κ3) is 3.75. The Morgan fingerprint density at radius 3 is 2.64 bits per heavy atom. The fraction of sp³-hybridized carbons (Fsp3) is 0.571. The summed E-state index contributed by atoms with van der Waals surface area (Å²) in [5.41, 5.74) is 0. The minimum Gasteiger partial charge on any atom is -0.459 e. The predicted octanol–water partition coefficient (Wildman–Crippen LogP) is -0.543. The van der Waals surface area contributed by atoms with Crippen LogP contribution in [0.5, 0.6) is 0 Å². The summed E-state index contributed by atoms with van der Waals surface area (Å²) < 4.78 is 4.45. The van der Waals surface area contributed by atoms with Crippen molar-refractivity contribution in [2.75, 3.05) is 6.61 Å². The van der Waals surface area contributed by atoms with E-state index in [1.165, 1.54) is 13.0 Å². The van der Waals surface area contributed by atoms with Gasteiger partial charge < -0.3 is 14.9 Å². The van der Waals surface area contributed by atoms with Crippen molar-refractivity contribution in [1.29, 1.82) is 0 Å². The third-order valence-electron chi connectivity index (χ3n) is 1.04. The second-order valence-corrected chi connectivity index (χ2v) is 2.10. The van der Waals surface area contributed by atoms with Crippen molar-refractivity contribution in [2.45, 2.75) is 19.1 Å². The fourth-order valence-corrected chi connectivity index (χ4v) is 0.423. The number of aliphatic hydroxyl groups is 2. The predicted molar refractivity (Wildman–Crippen MR) is 38.8 cm³/mol. The lowest BCUT2D eigenvalue weighted by Gasteiger charge is -2.11. The molecule has 0 bridgehead atoms. The van der Waals surface area contributed by atoms with Crippen molar-refractivity contribution in [2.24, 2.45) is 0 Å². The third-order valence-corrected chi connectivity index (χ3v) is 1.04. The summed E-state index contributed by atoms with van der Waals surface area (Å²) >= 11 is 0. The first-order valence-electron chi connectivity index (χ1n) is 3.23. The lowest BCUT2D eigenvalue weighted by Crippen LogP contribution is -2.33. The number of ether oxygens (including phenoxy) is 1. The van der Waals surface area contributed by atoms with E-state index in [1.54, 1.807) is 0 Å². The zero-order valence-electron chi connectivity index (χ0n) is 6.36. The average Bonchev–Trinajstić information content (AvgIpc) is 1.98. The molecule has 0 aliphatic carbocycles. The molecule has 2 unspecified atom stereocenters. The Hall–Kier alpha value is -0.870. The lowest BCUT2D eigenvalue weighted by atomic mass is 10.2. The highest BCUT2D eigenvalue weighted by atomic mass is 16.5. The van der Waals surface area contributed by atoms with Crippen molar-refractivity contribution < 1.29 is 19.7 Å². The van der Waals surface area contributed by atoms with Gasteiger partial charge in [-0.2, -0.15) is 0 Å². The first-order chi connectivity index (χ1) is 5.09. The molecule has 4 nitrogen and oxygen atoms in total. The first kappa shape index (κ1) is 10.1. The Bertz CT molecular complexity index is 141. The number of hydrogen-bond donors (Lipinski definition) is 2. The van der Waals surface area contributed by atoms with Crippen molar-refractivity contribution in [3.63, 3.8) is 0 Å². The molecular formula is C7H12O4. The smallest absolute Gasteiger partial charge is 0.338 e. The van der Waals surface area contributed by atoms with Crippen LogP contribution in [0, 0.1) is 0 Å². The van der Waals surface area contributed by atoms with Crippen LogP contribution in [-0.2, 0) is 9.53 Å². The van der Waals surface area contributed by atoms with Crippen molar-refractivity contribution in [3.8, 4) is 0 Å². The molecule has 0 rings (SSSR count). The topological polar surface area (TPSA) is 66.8 Å². The number of carbonyl (C=O) groups is 1. The minimum atomic E-state index is -1.46. The Morgan fingerprint density at radius 2 is 2.27 bits per heavy atom. The van der Waals surface area contributed by atoms with Gasteiger partial charge in [-0.25, -0.2) is 4.79 Å². The van der Waals surface area contributed by atoms with Gasteiger partial charge in [0.15, 0.2) is 6.10 Å².